The van der Waals surface area contributed by atoms with Crippen LogP contribution in [0.1, 0.15) is 0 Å². The van der Waals surface area contributed by atoms with E-state index in [1.54, 1.807) is 0 Å². The number of rotatable bonds is 4. The molecule has 0 spiro atoms. The lowest BCUT2D eigenvalue weighted by Crippen LogP contribution is -2.60. The summed E-state index contributed by atoms with van der Waals surface area (Å²) in [5.74, 6) is -1.87. The molecule has 11 heteroatoms. The van der Waals surface area contributed by atoms with Gasteiger partial charge in [-0.1, -0.05) is 0 Å². The van der Waals surface area contributed by atoms with Crippen LogP contribution in [-0.4, -0.2) is 73.1 Å². The molecule has 0 radical (unpaired) electrons. The van der Waals surface area contributed by atoms with Crippen LogP contribution in [0.4, 0.5) is 0 Å². The molecule has 11 nitrogen and oxygen atoms in total. The zero-order valence-corrected chi connectivity index (χ0v) is 16.3. The van der Waals surface area contributed by atoms with Gasteiger partial charge in [0.05, 0.1) is 12.0 Å². The number of aliphatic hydroxyl groups excluding tert-OH is 4. The van der Waals surface area contributed by atoms with Gasteiger partial charge in [-0.15, -0.1) is 0 Å². The summed E-state index contributed by atoms with van der Waals surface area (Å²) in [5.41, 5.74) is -0.258. The number of hydrogen-bond acceptors (Lipinski definition) is 11. The SMILES string of the molecule is O=c1cc(-c2cc(O)c(O)c(O)c2)oc2cc(O[C@H]3O[C@@H](CO)[C@H](O)[C@H](O)[C@@H]3O)ccc12. The third-order valence-corrected chi connectivity index (χ3v) is 5.16. The molecule has 7 N–H and O–H groups in total. The van der Waals surface area contributed by atoms with Crippen molar-refractivity contribution in [1.29, 1.82) is 0 Å². The number of phenols is 3. The van der Waals surface area contributed by atoms with Crippen LogP contribution >= 0.6 is 0 Å². The number of ether oxygens (including phenoxy) is 2. The molecule has 0 aliphatic carbocycles. The van der Waals surface area contributed by atoms with Gasteiger partial charge in [-0.2, -0.15) is 0 Å². The fraction of sp³-hybridized carbons (Fsp3) is 0.286. The summed E-state index contributed by atoms with van der Waals surface area (Å²) in [6.07, 6.45) is -7.36. The first kappa shape index (κ1) is 21.9. The summed E-state index contributed by atoms with van der Waals surface area (Å²) in [7, 11) is 0. The minimum atomic E-state index is -1.62. The molecule has 2 heterocycles. The number of fused-ring (bicyclic) bond motifs is 1. The Morgan fingerprint density at radius 1 is 0.906 bits per heavy atom. The number of aromatic hydroxyl groups is 3. The molecular formula is C21H20O11. The quantitative estimate of drug-likeness (QED) is 0.261. The Morgan fingerprint density at radius 2 is 1.59 bits per heavy atom. The first-order valence-corrected chi connectivity index (χ1v) is 9.50. The van der Waals surface area contributed by atoms with E-state index in [-0.39, 0.29) is 28.0 Å². The normalized spacial score (nSPS) is 25.7. The maximum atomic E-state index is 12.5. The predicted molar refractivity (Wildman–Crippen MR) is 107 cm³/mol. The van der Waals surface area contributed by atoms with E-state index in [1.807, 2.05) is 0 Å². The summed E-state index contributed by atoms with van der Waals surface area (Å²) in [6.45, 7) is -0.618. The van der Waals surface area contributed by atoms with Gasteiger partial charge in [-0.05, 0) is 24.3 Å². The maximum absolute atomic E-state index is 12.5. The van der Waals surface area contributed by atoms with Gasteiger partial charge in [0.25, 0.3) is 0 Å². The van der Waals surface area contributed by atoms with Crippen molar-refractivity contribution in [3.63, 3.8) is 0 Å². The van der Waals surface area contributed by atoms with Crippen molar-refractivity contribution < 1.29 is 49.6 Å². The third kappa shape index (κ3) is 3.83. The van der Waals surface area contributed by atoms with E-state index in [1.165, 1.54) is 18.2 Å². The number of hydrogen-bond donors (Lipinski definition) is 7. The first-order valence-electron chi connectivity index (χ1n) is 9.50. The lowest BCUT2D eigenvalue weighted by atomic mass is 9.99. The molecule has 1 aliphatic rings. The molecular weight excluding hydrogens is 428 g/mol. The van der Waals surface area contributed by atoms with E-state index in [9.17, 15) is 40.5 Å². The lowest BCUT2D eigenvalue weighted by molar-refractivity contribution is -0.277. The van der Waals surface area contributed by atoms with Crippen LogP contribution in [0.3, 0.4) is 0 Å². The lowest BCUT2D eigenvalue weighted by Gasteiger charge is -2.39. The van der Waals surface area contributed by atoms with Gasteiger partial charge in [0.2, 0.25) is 6.29 Å². The van der Waals surface area contributed by atoms with Crippen molar-refractivity contribution in [3.05, 3.63) is 46.6 Å². The standard InChI is InChI=1S/C21H20O11/c22-7-16-18(27)19(28)20(29)21(32-16)30-9-1-2-10-11(23)6-14(31-15(10)5-9)8-3-12(24)17(26)13(25)4-8/h1-6,16,18-22,24-29H,7H2/t16-,18-,19-,20-,21-/m0/s1. The van der Waals surface area contributed by atoms with Gasteiger partial charge in [-0.25, -0.2) is 0 Å². The Hall–Kier alpha value is -3.35. The second-order valence-electron chi connectivity index (χ2n) is 7.31. The van der Waals surface area contributed by atoms with E-state index >= 15 is 0 Å². The fourth-order valence-corrected chi connectivity index (χ4v) is 3.40. The van der Waals surface area contributed by atoms with Gasteiger partial charge in [0.1, 0.15) is 41.5 Å². The van der Waals surface area contributed by atoms with Gasteiger partial charge >= 0.3 is 0 Å². The van der Waals surface area contributed by atoms with Gasteiger partial charge in [0.15, 0.2) is 22.7 Å². The highest BCUT2D eigenvalue weighted by Crippen LogP contribution is 2.39. The van der Waals surface area contributed by atoms with Gasteiger partial charge < -0.3 is 49.6 Å². The third-order valence-electron chi connectivity index (χ3n) is 5.16. The second-order valence-corrected chi connectivity index (χ2v) is 7.31. The van der Waals surface area contributed by atoms with Crippen molar-refractivity contribution >= 4 is 11.0 Å². The summed E-state index contributed by atoms with van der Waals surface area (Å²) >= 11 is 0. The average Bonchev–Trinajstić information content (AvgIpc) is 2.77. The molecule has 0 unspecified atom stereocenters. The number of aliphatic hydroxyl groups is 4. The topological polar surface area (TPSA) is 190 Å². The molecule has 0 bridgehead atoms. The molecule has 0 amide bonds. The maximum Gasteiger partial charge on any atom is 0.229 e. The molecule has 170 valence electrons. The van der Waals surface area contributed by atoms with Crippen molar-refractivity contribution in [2.75, 3.05) is 6.61 Å². The molecule has 2 aromatic carbocycles. The Morgan fingerprint density at radius 3 is 2.25 bits per heavy atom. The van der Waals surface area contributed by atoms with Crippen molar-refractivity contribution in [3.8, 4) is 34.3 Å². The largest absolute Gasteiger partial charge is 0.504 e. The summed E-state index contributed by atoms with van der Waals surface area (Å²) in [4.78, 5) is 12.5. The molecule has 1 aliphatic heterocycles. The average molecular weight is 448 g/mol. The smallest absolute Gasteiger partial charge is 0.229 e. The molecule has 1 saturated heterocycles. The Balaban J connectivity index is 1.69. The first-order chi connectivity index (χ1) is 15.2. The van der Waals surface area contributed by atoms with Crippen molar-refractivity contribution in [2.24, 2.45) is 0 Å². The monoisotopic (exact) mass is 448 g/mol. The van der Waals surface area contributed by atoms with E-state index in [0.717, 1.165) is 18.2 Å². The van der Waals surface area contributed by atoms with E-state index in [0.29, 0.717) is 0 Å². The highest BCUT2D eigenvalue weighted by atomic mass is 16.7. The van der Waals surface area contributed by atoms with Crippen LogP contribution in [0.15, 0.2) is 45.6 Å². The summed E-state index contributed by atoms with van der Waals surface area (Å²) in [5, 5.41) is 68.3. The van der Waals surface area contributed by atoms with Crippen LogP contribution in [0.5, 0.6) is 23.0 Å². The summed E-state index contributed by atoms with van der Waals surface area (Å²) in [6, 6.07) is 7.48. The van der Waals surface area contributed by atoms with Crippen LogP contribution in [0.2, 0.25) is 0 Å². The van der Waals surface area contributed by atoms with Crippen LogP contribution in [-0.2, 0) is 4.74 Å². The summed E-state index contributed by atoms with van der Waals surface area (Å²) < 4.78 is 16.5. The van der Waals surface area contributed by atoms with Crippen molar-refractivity contribution in [2.45, 2.75) is 30.7 Å². The second kappa shape index (κ2) is 8.30. The molecule has 1 fully saturated rings. The highest BCUT2D eigenvalue weighted by molar-refractivity contribution is 5.80. The van der Waals surface area contributed by atoms with Crippen LogP contribution < -0.4 is 10.2 Å². The minimum Gasteiger partial charge on any atom is -0.504 e. The van der Waals surface area contributed by atoms with E-state index < -0.39 is 60.0 Å². The van der Waals surface area contributed by atoms with Gasteiger partial charge in [-0.3, -0.25) is 4.79 Å². The molecule has 0 saturated carbocycles. The zero-order valence-electron chi connectivity index (χ0n) is 16.3. The van der Waals surface area contributed by atoms with Crippen LogP contribution in [0.25, 0.3) is 22.3 Å². The number of phenolic OH excluding ortho intramolecular Hbond substituents is 3. The Kier molecular flexibility index (Phi) is 5.67. The number of benzene rings is 2. The Labute approximate surface area is 179 Å². The molecule has 5 atom stereocenters. The zero-order chi connectivity index (χ0) is 23.2. The van der Waals surface area contributed by atoms with E-state index in [2.05, 4.69) is 0 Å². The molecule has 4 rings (SSSR count). The highest BCUT2D eigenvalue weighted by Gasteiger charge is 2.44. The molecule has 1 aromatic heterocycles. The van der Waals surface area contributed by atoms with Gasteiger partial charge in [0, 0.05) is 17.7 Å². The molecule has 32 heavy (non-hydrogen) atoms. The minimum absolute atomic E-state index is 0.0157. The fourth-order valence-electron chi connectivity index (χ4n) is 3.40. The predicted octanol–water partition coefficient (Wildman–Crippen LogP) is -0.245. The molecule has 3 aromatic rings. The van der Waals surface area contributed by atoms with Crippen molar-refractivity contribution in [1.82, 2.24) is 0 Å². The Bertz CT molecular complexity index is 1180. The van der Waals surface area contributed by atoms with Crippen LogP contribution in [0, 0.1) is 0 Å². The van der Waals surface area contributed by atoms with E-state index in [4.69, 9.17) is 13.9 Å².